The molecular formula is C39H74NNaO10P. The first-order valence-corrected chi connectivity index (χ1v) is 20.9. The summed E-state index contributed by atoms with van der Waals surface area (Å²) in [5.74, 6) is -2.52. The zero-order valence-corrected chi connectivity index (χ0v) is 35.2. The number of carboxylic acid groups (broad SMARTS) is 1. The van der Waals surface area contributed by atoms with E-state index in [4.69, 9.17) is 34.4 Å². The largest absolute Gasteiger partial charge is 0.480 e. The van der Waals surface area contributed by atoms with E-state index in [0.717, 1.165) is 64.2 Å². The number of allylic oxidation sites excluding steroid dienone is 2. The third kappa shape index (κ3) is 37.5. The number of nitrogens with two attached hydrogens (primary N) is 1. The zero-order chi connectivity index (χ0) is 43.9. The van der Waals surface area contributed by atoms with Crippen molar-refractivity contribution in [2.45, 2.75) is 199 Å². The minimum atomic E-state index is -4.76. The van der Waals surface area contributed by atoms with Gasteiger partial charge in [-0.2, -0.15) is 0 Å². The van der Waals surface area contributed by atoms with Crippen LogP contribution >= 0.6 is 7.82 Å². The normalized spacial score (nSPS) is 16.5. The molecular weight excluding hydrogens is 696 g/mol. The van der Waals surface area contributed by atoms with E-state index < -0.39 is 77.3 Å². The van der Waals surface area contributed by atoms with Gasteiger partial charge in [0.1, 0.15) is 12.6 Å². The zero-order valence-electron chi connectivity index (χ0n) is 39.3. The second-order valence-electron chi connectivity index (χ2n) is 13.1. The fourth-order valence-electron chi connectivity index (χ4n) is 5.20. The van der Waals surface area contributed by atoms with Gasteiger partial charge in [0, 0.05) is 52.0 Å². The van der Waals surface area contributed by atoms with E-state index in [1.807, 2.05) is 0 Å². The second kappa shape index (κ2) is 38.5. The number of phosphoric ester groups is 1. The van der Waals surface area contributed by atoms with Gasteiger partial charge in [0.2, 0.25) is 0 Å². The first-order chi connectivity index (χ1) is 27.3. The summed E-state index contributed by atoms with van der Waals surface area (Å²) in [6.07, 6.45) is 19.2. The predicted octanol–water partition coefficient (Wildman–Crippen LogP) is 9.73. The van der Waals surface area contributed by atoms with Crippen LogP contribution in [0.25, 0.3) is 0 Å². The first kappa shape index (κ1) is 40.9. The van der Waals surface area contributed by atoms with Crippen molar-refractivity contribution in [1.29, 1.82) is 0 Å². The molecule has 0 rings (SSSR count). The van der Waals surface area contributed by atoms with Gasteiger partial charge in [-0.25, -0.2) is 4.57 Å². The van der Waals surface area contributed by atoms with Gasteiger partial charge in [-0.15, -0.1) is 0 Å². The molecule has 4 N–H and O–H groups in total. The topological polar surface area (TPSA) is 172 Å². The Hall–Kier alpha value is -0.780. The van der Waals surface area contributed by atoms with Gasteiger partial charge < -0.3 is 25.2 Å². The van der Waals surface area contributed by atoms with Crippen LogP contribution in [0.2, 0.25) is 0 Å². The van der Waals surface area contributed by atoms with Gasteiger partial charge >= 0.3 is 25.7 Å². The predicted molar refractivity (Wildman–Crippen MR) is 209 cm³/mol. The van der Waals surface area contributed by atoms with Crippen LogP contribution < -0.4 is 5.73 Å². The number of carboxylic acids is 1. The number of rotatable bonds is 38. The molecule has 0 aromatic carbocycles. The van der Waals surface area contributed by atoms with Gasteiger partial charge in [0.05, 0.1) is 13.2 Å². The van der Waals surface area contributed by atoms with E-state index in [1.165, 1.54) is 51.4 Å². The summed E-state index contributed by atoms with van der Waals surface area (Å²) in [7, 11) is -4.76. The number of ether oxygens (including phenoxy) is 2. The molecule has 0 saturated carbocycles. The van der Waals surface area contributed by atoms with E-state index >= 15 is 0 Å². The molecule has 13 heteroatoms. The molecule has 0 amide bonds. The molecule has 0 aliphatic rings. The smallest absolute Gasteiger partial charge is 0.472 e. The minimum absolute atomic E-state index is 0. The summed E-state index contributed by atoms with van der Waals surface area (Å²) in [6, 6.07) is -1.55. The SMILES string of the molecule is [2H]C([2H])([2H])C([2H])([2H])C([2H])([2H])CCCCC/C=C\CCCCCCCC(=O)O[C@H](COC(=O)CCCCCCCCCCCCCC)COP(=O)(O)OC[C@H](N)C(=O)O.[Na]. The van der Waals surface area contributed by atoms with E-state index in [9.17, 15) is 23.8 Å². The van der Waals surface area contributed by atoms with Crippen LogP contribution in [-0.2, 0) is 37.5 Å². The van der Waals surface area contributed by atoms with Gasteiger partial charge in [-0.05, 0) is 38.5 Å². The monoisotopic (exact) mass is 778 g/mol. The van der Waals surface area contributed by atoms with Crippen LogP contribution in [0, 0.1) is 0 Å². The van der Waals surface area contributed by atoms with Crippen molar-refractivity contribution in [1.82, 2.24) is 0 Å². The standard InChI is InChI=1S/C39H74NO10P.Na/c1-3-5-7-9-11-13-15-17-18-19-21-23-25-27-29-31-38(42)50-35(33-48-51(45,46)49-34-36(40)39(43)44)32-47-37(41)30-28-26-24-22-20-16-14-12-10-8-6-4-2;/h17-18,35-36H,3-16,19-34,40H2,1-2H3,(H,43,44)(H,45,46);/b18-17-;/t35-,36+;/m1./s1/i1D3,3D2,5D2;. The van der Waals surface area contributed by atoms with Crippen molar-refractivity contribution in [2.24, 2.45) is 5.73 Å². The number of esters is 2. The van der Waals surface area contributed by atoms with Crippen molar-refractivity contribution in [3.8, 4) is 0 Å². The van der Waals surface area contributed by atoms with Crippen molar-refractivity contribution in [3.05, 3.63) is 12.2 Å². The molecule has 0 aromatic heterocycles. The third-order valence-corrected chi connectivity index (χ3v) is 9.25. The van der Waals surface area contributed by atoms with Crippen LogP contribution in [0.3, 0.4) is 0 Å². The molecule has 0 spiro atoms. The van der Waals surface area contributed by atoms with E-state index in [1.54, 1.807) is 0 Å². The maximum Gasteiger partial charge on any atom is 0.472 e. The van der Waals surface area contributed by atoms with Crippen LogP contribution in [0.1, 0.15) is 197 Å². The Kier molecular flexibility index (Phi) is 30.3. The van der Waals surface area contributed by atoms with Crippen LogP contribution in [0.5, 0.6) is 0 Å². The minimum Gasteiger partial charge on any atom is -0.480 e. The molecule has 301 valence electrons. The summed E-state index contributed by atoms with van der Waals surface area (Å²) in [5, 5.41) is 8.87. The number of carbonyl (C=O) groups excluding carboxylic acids is 2. The number of aliphatic carboxylic acids is 1. The molecule has 52 heavy (non-hydrogen) atoms. The fraction of sp³-hybridized carbons (Fsp3) is 0.872. The third-order valence-electron chi connectivity index (χ3n) is 8.30. The molecule has 1 unspecified atom stereocenters. The number of hydrogen-bond donors (Lipinski definition) is 3. The fourth-order valence-corrected chi connectivity index (χ4v) is 5.98. The van der Waals surface area contributed by atoms with Gasteiger partial charge in [0.25, 0.3) is 0 Å². The summed E-state index contributed by atoms with van der Waals surface area (Å²) < 4.78 is 85.4. The van der Waals surface area contributed by atoms with Crippen LogP contribution in [0.15, 0.2) is 12.2 Å². The molecule has 0 aromatic rings. The average molecular weight is 778 g/mol. The quantitative estimate of drug-likeness (QED) is 0.0179. The number of phosphoric acid groups is 1. The van der Waals surface area contributed by atoms with Gasteiger partial charge in [-0.1, -0.05) is 148 Å². The molecule has 0 saturated heterocycles. The Morgan fingerprint density at radius 3 is 1.69 bits per heavy atom. The number of hydrogen-bond acceptors (Lipinski definition) is 9. The van der Waals surface area contributed by atoms with Crippen LogP contribution in [0.4, 0.5) is 0 Å². The molecule has 3 atom stereocenters. The summed E-state index contributed by atoms with van der Waals surface area (Å²) in [5.41, 5.74) is 5.31. The average Bonchev–Trinajstić information content (AvgIpc) is 3.14. The van der Waals surface area contributed by atoms with Gasteiger partial charge in [0.15, 0.2) is 6.10 Å². The Morgan fingerprint density at radius 2 is 1.17 bits per heavy atom. The maximum absolute atomic E-state index is 12.6. The maximum atomic E-state index is 12.6. The number of unbranched alkanes of at least 4 members (excludes halogenated alkanes) is 19. The Labute approximate surface area is 348 Å². The molecule has 0 fully saturated rings. The van der Waals surface area contributed by atoms with Crippen molar-refractivity contribution >= 4 is 55.3 Å². The van der Waals surface area contributed by atoms with Crippen molar-refractivity contribution in [2.75, 3.05) is 19.8 Å². The molecule has 0 aliphatic heterocycles. The van der Waals surface area contributed by atoms with Crippen LogP contribution in [-0.4, -0.2) is 89.4 Å². The van der Waals surface area contributed by atoms with Gasteiger partial charge in [-0.3, -0.25) is 23.4 Å². The first-order valence-electron chi connectivity index (χ1n) is 22.9. The Morgan fingerprint density at radius 1 is 0.712 bits per heavy atom. The Balaban J connectivity index is 0. The summed E-state index contributed by atoms with van der Waals surface area (Å²) in [4.78, 5) is 45.9. The van der Waals surface area contributed by atoms with Crippen molar-refractivity contribution < 1.29 is 57.1 Å². The molecule has 0 aliphatic carbocycles. The van der Waals surface area contributed by atoms with E-state index in [0.29, 0.717) is 25.7 Å². The Bertz CT molecular complexity index is 1200. The van der Waals surface area contributed by atoms with E-state index in [2.05, 4.69) is 23.6 Å². The molecule has 0 heterocycles. The molecule has 0 bridgehead atoms. The van der Waals surface area contributed by atoms with Crippen molar-refractivity contribution in [3.63, 3.8) is 0 Å². The summed E-state index contributed by atoms with van der Waals surface area (Å²) in [6.45, 7) is -2.63. The number of carbonyl (C=O) groups is 3. The summed E-state index contributed by atoms with van der Waals surface area (Å²) >= 11 is 0. The van der Waals surface area contributed by atoms with E-state index in [-0.39, 0.29) is 48.8 Å². The molecule has 11 nitrogen and oxygen atoms in total. The molecule has 1 radical (unpaired) electrons. The second-order valence-corrected chi connectivity index (χ2v) is 14.6.